The lowest BCUT2D eigenvalue weighted by Gasteiger charge is -2.19. The van der Waals surface area contributed by atoms with E-state index in [1.54, 1.807) is 0 Å². The SMILES string of the molecule is C=C(CCC(C)CCCC(C)(C)N)C(=O)OC. The summed E-state index contributed by atoms with van der Waals surface area (Å²) >= 11 is 0. The van der Waals surface area contributed by atoms with E-state index in [9.17, 15) is 4.79 Å². The van der Waals surface area contributed by atoms with Crippen molar-refractivity contribution in [3.63, 3.8) is 0 Å². The highest BCUT2D eigenvalue weighted by molar-refractivity contribution is 5.87. The molecule has 0 saturated carbocycles. The van der Waals surface area contributed by atoms with Crippen LogP contribution >= 0.6 is 0 Å². The number of rotatable bonds is 8. The van der Waals surface area contributed by atoms with Gasteiger partial charge in [-0.3, -0.25) is 0 Å². The highest BCUT2D eigenvalue weighted by Gasteiger charge is 2.12. The largest absolute Gasteiger partial charge is 0.466 e. The Kier molecular flexibility index (Phi) is 7.12. The van der Waals surface area contributed by atoms with E-state index in [-0.39, 0.29) is 11.5 Å². The minimum absolute atomic E-state index is 0.0741. The van der Waals surface area contributed by atoms with Crippen LogP contribution in [0.1, 0.15) is 52.9 Å². The lowest BCUT2D eigenvalue weighted by atomic mass is 9.92. The minimum Gasteiger partial charge on any atom is -0.466 e. The quantitative estimate of drug-likeness (QED) is 0.525. The zero-order valence-electron chi connectivity index (χ0n) is 11.7. The van der Waals surface area contributed by atoms with E-state index >= 15 is 0 Å². The first kappa shape index (κ1) is 16.2. The van der Waals surface area contributed by atoms with Gasteiger partial charge in [-0.2, -0.15) is 0 Å². The zero-order chi connectivity index (χ0) is 13.5. The average molecular weight is 241 g/mol. The summed E-state index contributed by atoms with van der Waals surface area (Å²) in [5, 5.41) is 0. The standard InChI is InChI=1S/C14H27NO2/c1-11(7-6-10-14(3,4)15)8-9-12(2)13(16)17-5/h11H,2,6-10,15H2,1,3-5H3. The van der Waals surface area contributed by atoms with Gasteiger partial charge in [0.25, 0.3) is 0 Å². The Morgan fingerprint density at radius 1 is 1.41 bits per heavy atom. The van der Waals surface area contributed by atoms with E-state index in [1.807, 2.05) is 0 Å². The molecule has 0 rings (SSSR count). The topological polar surface area (TPSA) is 52.3 Å². The monoisotopic (exact) mass is 241 g/mol. The molecule has 0 aromatic heterocycles. The summed E-state index contributed by atoms with van der Waals surface area (Å²) in [7, 11) is 1.39. The van der Waals surface area contributed by atoms with Crippen molar-refractivity contribution in [1.29, 1.82) is 0 Å². The first-order valence-corrected chi connectivity index (χ1v) is 6.31. The third-order valence-electron chi connectivity index (χ3n) is 2.93. The summed E-state index contributed by atoms with van der Waals surface area (Å²) in [6, 6.07) is 0. The highest BCUT2D eigenvalue weighted by atomic mass is 16.5. The van der Waals surface area contributed by atoms with Gasteiger partial charge >= 0.3 is 5.97 Å². The van der Waals surface area contributed by atoms with Gasteiger partial charge < -0.3 is 10.5 Å². The summed E-state index contributed by atoms with van der Waals surface area (Å²) < 4.78 is 4.62. The maximum Gasteiger partial charge on any atom is 0.333 e. The smallest absolute Gasteiger partial charge is 0.333 e. The van der Waals surface area contributed by atoms with Gasteiger partial charge in [-0.1, -0.05) is 26.3 Å². The predicted molar refractivity (Wildman–Crippen MR) is 71.7 cm³/mol. The number of methoxy groups -OCH3 is 1. The van der Waals surface area contributed by atoms with Crippen LogP contribution in [0.25, 0.3) is 0 Å². The molecule has 0 spiro atoms. The van der Waals surface area contributed by atoms with Gasteiger partial charge in [-0.05, 0) is 39.0 Å². The Morgan fingerprint density at radius 3 is 2.47 bits per heavy atom. The Hall–Kier alpha value is -0.830. The molecule has 0 aliphatic heterocycles. The number of carbonyl (C=O) groups excluding carboxylic acids is 1. The van der Waals surface area contributed by atoms with Crippen LogP contribution in [0.3, 0.4) is 0 Å². The van der Waals surface area contributed by atoms with Gasteiger partial charge in [0.05, 0.1) is 7.11 Å². The molecule has 0 radical (unpaired) electrons. The fraction of sp³-hybridized carbons (Fsp3) is 0.786. The summed E-state index contributed by atoms with van der Waals surface area (Å²) in [5.74, 6) is 0.305. The summed E-state index contributed by atoms with van der Waals surface area (Å²) in [4.78, 5) is 11.1. The molecule has 3 heteroatoms. The molecule has 3 nitrogen and oxygen atoms in total. The van der Waals surface area contributed by atoms with Crippen molar-refractivity contribution in [1.82, 2.24) is 0 Å². The number of carbonyl (C=O) groups is 1. The van der Waals surface area contributed by atoms with Crippen molar-refractivity contribution >= 4 is 5.97 Å². The van der Waals surface area contributed by atoms with Gasteiger partial charge in [-0.25, -0.2) is 4.79 Å². The normalized spacial score (nSPS) is 13.2. The van der Waals surface area contributed by atoms with E-state index in [0.29, 0.717) is 11.5 Å². The summed E-state index contributed by atoms with van der Waals surface area (Å²) in [6.07, 6.45) is 5.03. The third-order valence-corrected chi connectivity index (χ3v) is 2.93. The molecule has 0 saturated heterocycles. The maximum absolute atomic E-state index is 11.1. The van der Waals surface area contributed by atoms with E-state index < -0.39 is 0 Å². The number of esters is 1. The molecule has 1 unspecified atom stereocenters. The molecular formula is C14H27NO2. The van der Waals surface area contributed by atoms with Gasteiger partial charge in [0, 0.05) is 11.1 Å². The van der Waals surface area contributed by atoms with E-state index in [0.717, 1.165) is 32.1 Å². The van der Waals surface area contributed by atoms with Crippen LogP contribution in [0, 0.1) is 5.92 Å². The van der Waals surface area contributed by atoms with Crippen LogP contribution in [-0.4, -0.2) is 18.6 Å². The molecule has 0 aliphatic rings. The van der Waals surface area contributed by atoms with Gasteiger partial charge in [0.15, 0.2) is 0 Å². The molecule has 17 heavy (non-hydrogen) atoms. The second-order valence-corrected chi connectivity index (χ2v) is 5.62. The van der Waals surface area contributed by atoms with Crippen LogP contribution in [0.5, 0.6) is 0 Å². The Balaban J connectivity index is 3.70. The Morgan fingerprint density at radius 2 is 2.00 bits per heavy atom. The summed E-state index contributed by atoms with van der Waals surface area (Å²) in [5.41, 5.74) is 6.42. The Bertz CT molecular complexity index is 253. The third kappa shape index (κ3) is 8.93. The molecule has 0 bridgehead atoms. The number of hydrogen-bond donors (Lipinski definition) is 1. The zero-order valence-corrected chi connectivity index (χ0v) is 11.7. The molecule has 2 N–H and O–H groups in total. The first-order chi connectivity index (χ1) is 7.76. The van der Waals surface area contributed by atoms with E-state index in [2.05, 4.69) is 32.1 Å². The number of ether oxygens (including phenoxy) is 1. The van der Waals surface area contributed by atoms with Gasteiger partial charge in [0.2, 0.25) is 0 Å². The lowest BCUT2D eigenvalue weighted by molar-refractivity contribution is -0.136. The van der Waals surface area contributed by atoms with E-state index in [1.165, 1.54) is 7.11 Å². The Labute approximate surface area is 105 Å². The lowest BCUT2D eigenvalue weighted by Crippen LogP contribution is -2.31. The number of hydrogen-bond acceptors (Lipinski definition) is 3. The van der Waals surface area contributed by atoms with Gasteiger partial charge in [-0.15, -0.1) is 0 Å². The summed E-state index contributed by atoms with van der Waals surface area (Å²) in [6.45, 7) is 10.0. The molecular weight excluding hydrogens is 214 g/mol. The van der Waals surface area contributed by atoms with Crippen LogP contribution in [0.15, 0.2) is 12.2 Å². The molecule has 0 amide bonds. The molecule has 0 aromatic rings. The predicted octanol–water partition coefficient (Wildman–Crippen LogP) is 3.04. The van der Waals surface area contributed by atoms with Crippen LogP contribution in [0.4, 0.5) is 0 Å². The first-order valence-electron chi connectivity index (χ1n) is 6.31. The fourth-order valence-electron chi connectivity index (χ4n) is 1.72. The highest BCUT2D eigenvalue weighted by Crippen LogP contribution is 2.19. The van der Waals surface area contributed by atoms with Gasteiger partial charge in [0.1, 0.15) is 0 Å². The molecule has 100 valence electrons. The van der Waals surface area contributed by atoms with Crippen molar-refractivity contribution in [2.24, 2.45) is 11.7 Å². The van der Waals surface area contributed by atoms with Crippen molar-refractivity contribution < 1.29 is 9.53 Å². The molecule has 1 atom stereocenters. The van der Waals surface area contributed by atoms with Crippen LogP contribution < -0.4 is 5.73 Å². The van der Waals surface area contributed by atoms with Crippen molar-refractivity contribution in [3.05, 3.63) is 12.2 Å². The molecule has 0 aromatic carbocycles. The van der Waals surface area contributed by atoms with E-state index in [4.69, 9.17) is 5.73 Å². The minimum atomic E-state index is -0.291. The second kappa shape index (κ2) is 7.49. The second-order valence-electron chi connectivity index (χ2n) is 5.62. The molecule has 0 aliphatic carbocycles. The fourth-order valence-corrected chi connectivity index (χ4v) is 1.72. The number of nitrogens with two attached hydrogens (primary N) is 1. The maximum atomic E-state index is 11.1. The van der Waals surface area contributed by atoms with Crippen molar-refractivity contribution in [3.8, 4) is 0 Å². The van der Waals surface area contributed by atoms with Crippen molar-refractivity contribution in [2.75, 3.05) is 7.11 Å². The average Bonchev–Trinajstić information content (AvgIpc) is 2.22. The van der Waals surface area contributed by atoms with Crippen molar-refractivity contribution in [2.45, 2.75) is 58.4 Å². The molecule has 0 heterocycles. The molecule has 0 fully saturated rings. The van der Waals surface area contributed by atoms with Crippen LogP contribution in [0.2, 0.25) is 0 Å². The van der Waals surface area contributed by atoms with Crippen LogP contribution in [-0.2, 0) is 9.53 Å².